The maximum Gasteiger partial charge on any atom is 0.242 e. The van der Waals surface area contributed by atoms with Crippen molar-refractivity contribution in [3.63, 3.8) is 0 Å². The number of amides is 1. The Morgan fingerprint density at radius 1 is 1.43 bits per heavy atom. The molecule has 0 aliphatic rings. The van der Waals surface area contributed by atoms with Crippen LogP contribution in [0.3, 0.4) is 0 Å². The first-order chi connectivity index (χ1) is 6.72. The summed E-state index contributed by atoms with van der Waals surface area (Å²) in [5.41, 5.74) is 7.17. The SMILES string of the molecule is CCc1ccc(N/C=C\C(N)=O)cc1. The number of aryl methyl sites for hydroxylation is 1. The van der Waals surface area contributed by atoms with Gasteiger partial charge in [0.05, 0.1) is 0 Å². The Labute approximate surface area is 83.6 Å². The molecular formula is C11H14N2O. The van der Waals surface area contributed by atoms with Gasteiger partial charge in [0.15, 0.2) is 0 Å². The van der Waals surface area contributed by atoms with Gasteiger partial charge in [0.2, 0.25) is 5.91 Å². The molecule has 0 fully saturated rings. The Bertz CT molecular complexity index is 328. The van der Waals surface area contributed by atoms with E-state index < -0.39 is 5.91 Å². The first-order valence-corrected chi connectivity index (χ1v) is 4.54. The number of hydrogen-bond acceptors (Lipinski definition) is 2. The lowest BCUT2D eigenvalue weighted by molar-refractivity contribution is -0.113. The molecule has 0 saturated carbocycles. The highest BCUT2D eigenvalue weighted by Crippen LogP contribution is 2.09. The van der Waals surface area contributed by atoms with Crippen LogP contribution in [0.4, 0.5) is 5.69 Å². The van der Waals surface area contributed by atoms with E-state index in [1.807, 2.05) is 24.3 Å². The highest BCUT2D eigenvalue weighted by Gasteiger charge is 1.90. The van der Waals surface area contributed by atoms with Crippen LogP contribution < -0.4 is 11.1 Å². The number of carbonyl (C=O) groups excluding carboxylic acids is 1. The third kappa shape index (κ3) is 3.31. The van der Waals surface area contributed by atoms with Crippen LogP contribution in [0.15, 0.2) is 36.5 Å². The minimum atomic E-state index is -0.456. The average Bonchev–Trinajstić information content (AvgIpc) is 2.18. The second-order valence-corrected chi connectivity index (χ2v) is 2.93. The molecule has 0 spiro atoms. The van der Waals surface area contributed by atoms with Gasteiger partial charge in [0, 0.05) is 18.0 Å². The fraction of sp³-hybridized carbons (Fsp3) is 0.182. The average molecular weight is 190 g/mol. The lowest BCUT2D eigenvalue weighted by Crippen LogP contribution is -2.06. The highest BCUT2D eigenvalue weighted by molar-refractivity contribution is 5.86. The molecule has 0 aliphatic heterocycles. The number of nitrogens with two attached hydrogens (primary N) is 1. The Kier molecular flexibility index (Phi) is 3.73. The molecule has 3 nitrogen and oxygen atoms in total. The predicted octanol–water partition coefficient (Wildman–Crippen LogP) is 1.66. The molecule has 1 rings (SSSR count). The zero-order chi connectivity index (χ0) is 10.4. The second kappa shape index (κ2) is 5.07. The Hall–Kier alpha value is -1.77. The molecule has 0 radical (unpaired) electrons. The van der Waals surface area contributed by atoms with Gasteiger partial charge >= 0.3 is 0 Å². The molecule has 3 N–H and O–H groups in total. The van der Waals surface area contributed by atoms with Crippen LogP contribution in [-0.4, -0.2) is 5.91 Å². The third-order valence-corrected chi connectivity index (χ3v) is 1.86. The first kappa shape index (κ1) is 10.3. The van der Waals surface area contributed by atoms with Crippen LogP contribution in [0.5, 0.6) is 0 Å². The van der Waals surface area contributed by atoms with Gasteiger partial charge in [-0.1, -0.05) is 19.1 Å². The quantitative estimate of drug-likeness (QED) is 0.709. The fourth-order valence-electron chi connectivity index (χ4n) is 1.06. The van der Waals surface area contributed by atoms with Crippen molar-refractivity contribution in [3.05, 3.63) is 42.1 Å². The molecule has 0 heterocycles. The Morgan fingerprint density at radius 2 is 2.07 bits per heavy atom. The predicted molar refractivity (Wildman–Crippen MR) is 57.8 cm³/mol. The zero-order valence-corrected chi connectivity index (χ0v) is 8.16. The summed E-state index contributed by atoms with van der Waals surface area (Å²) in [5, 5.41) is 2.95. The van der Waals surface area contributed by atoms with E-state index >= 15 is 0 Å². The van der Waals surface area contributed by atoms with E-state index in [-0.39, 0.29) is 0 Å². The summed E-state index contributed by atoms with van der Waals surface area (Å²) in [7, 11) is 0. The number of nitrogens with one attached hydrogen (secondary N) is 1. The standard InChI is InChI=1S/C11H14N2O/c1-2-9-3-5-10(6-4-9)13-8-7-11(12)14/h3-8,13H,2H2,1H3,(H2,12,14)/b8-7-. The summed E-state index contributed by atoms with van der Waals surface area (Å²) >= 11 is 0. The highest BCUT2D eigenvalue weighted by atomic mass is 16.1. The second-order valence-electron chi connectivity index (χ2n) is 2.93. The van der Waals surface area contributed by atoms with Gasteiger partial charge in [-0.3, -0.25) is 4.79 Å². The van der Waals surface area contributed by atoms with Gasteiger partial charge in [0.1, 0.15) is 0 Å². The van der Waals surface area contributed by atoms with Crippen LogP contribution in [0.25, 0.3) is 0 Å². The monoisotopic (exact) mass is 190 g/mol. The lowest BCUT2D eigenvalue weighted by atomic mass is 10.1. The topological polar surface area (TPSA) is 55.1 Å². The van der Waals surface area contributed by atoms with Gasteiger partial charge in [-0.05, 0) is 24.1 Å². The molecule has 0 aliphatic carbocycles. The molecule has 1 aromatic carbocycles. The first-order valence-electron chi connectivity index (χ1n) is 4.54. The minimum absolute atomic E-state index is 0.456. The summed E-state index contributed by atoms with van der Waals surface area (Å²) < 4.78 is 0. The summed E-state index contributed by atoms with van der Waals surface area (Å²) in [4.78, 5) is 10.4. The van der Waals surface area contributed by atoms with Gasteiger partial charge in [-0.15, -0.1) is 0 Å². The number of hydrogen-bond donors (Lipinski definition) is 2. The van der Waals surface area contributed by atoms with Crippen molar-refractivity contribution in [1.82, 2.24) is 0 Å². The van der Waals surface area contributed by atoms with Crippen LogP contribution in [-0.2, 0) is 11.2 Å². The van der Waals surface area contributed by atoms with Gasteiger partial charge in [-0.2, -0.15) is 0 Å². The van der Waals surface area contributed by atoms with Crippen molar-refractivity contribution in [1.29, 1.82) is 0 Å². The lowest BCUT2D eigenvalue weighted by Gasteiger charge is -2.01. The summed E-state index contributed by atoms with van der Waals surface area (Å²) in [5.74, 6) is -0.456. The molecule has 0 saturated heterocycles. The van der Waals surface area contributed by atoms with E-state index in [9.17, 15) is 4.79 Å². The molecule has 0 aromatic heterocycles. The molecule has 0 atom stereocenters. The van der Waals surface area contributed by atoms with Crippen molar-refractivity contribution >= 4 is 11.6 Å². The number of anilines is 1. The van der Waals surface area contributed by atoms with Crippen LogP contribution in [0, 0.1) is 0 Å². The van der Waals surface area contributed by atoms with Crippen molar-refractivity contribution in [2.45, 2.75) is 13.3 Å². The van der Waals surface area contributed by atoms with E-state index in [2.05, 4.69) is 12.2 Å². The van der Waals surface area contributed by atoms with E-state index in [0.29, 0.717) is 0 Å². The Balaban J connectivity index is 2.56. The number of primary amides is 1. The van der Waals surface area contributed by atoms with Crippen molar-refractivity contribution in [2.75, 3.05) is 5.32 Å². The third-order valence-electron chi connectivity index (χ3n) is 1.86. The maximum absolute atomic E-state index is 10.4. The summed E-state index contributed by atoms with van der Waals surface area (Å²) in [6, 6.07) is 8.01. The van der Waals surface area contributed by atoms with Gasteiger partial charge in [0.25, 0.3) is 0 Å². The fourth-order valence-corrected chi connectivity index (χ4v) is 1.06. The smallest absolute Gasteiger partial charge is 0.242 e. The molecule has 1 aromatic rings. The van der Waals surface area contributed by atoms with Gasteiger partial charge < -0.3 is 11.1 Å². The largest absolute Gasteiger partial charge is 0.366 e. The molecule has 1 amide bonds. The molecule has 74 valence electrons. The number of benzene rings is 1. The van der Waals surface area contributed by atoms with Crippen molar-refractivity contribution < 1.29 is 4.79 Å². The van der Waals surface area contributed by atoms with Crippen LogP contribution in [0.1, 0.15) is 12.5 Å². The molecule has 3 heteroatoms. The number of carbonyl (C=O) groups is 1. The number of rotatable bonds is 4. The zero-order valence-electron chi connectivity index (χ0n) is 8.16. The Morgan fingerprint density at radius 3 is 2.57 bits per heavy atom. The minimum Gasteiger partial charge on any atom is -0.366 e. The molecule has 0 bridgehead atoms. The maximum atomic E-state index is 10.4. The van der Waals surface area contributed by atoms with E-state index in [4.69, 9.17) is 5.73 Å². The van der Waals surface area contributed by atoms with Gasteiger partial charge in [-0.25, -0.2) is 0 Å². The molecule has 14 heavy (non-hydrogen) atoms. The van der Waals surface area contributed by atoms with E-state index in [1.54, 1.807) is 0 Å². The summed E-state index contributed by atoms with van der Waals surface area (Å²) in [6.45, 7) is 2.11. The normalized spacial score (nSPS) is 10.4. The van der Waals surface area contributed by atoms with E-state index in [1.165, 1.54) is 17.8 Å². The van der Waals surface area contributed by atoms with Crippen molar-refractivity contribution in [2.24, 2.45) is 5.73 Å². The molecule has 0 unspecified atom stereocenters. The van der Waals surface area contributed by atoms with Crippen LogP contribution in [0.2, 0.25) is 0 Å². The van der Waals surface area contributed by atoms with Crippen LogP contribution >= 0.6 is 0 Å². The molecular weight excluding hydrogens is 176 g/mol. The van der Waals surface area contributed by atoms with Crippen molar-refractivity contribution in [3.8, 4) is 0 Å². The van der Waals surface area contributed by atoms with E-state index in [0.717, 1.165) is 12.1 Å². The summed E-state index contributed by atoms with van der Waals surface area (Å²) in [6.07, 6.45) is 3.84.